The number of hydrogen-bond donors (Lipinski definition) is 2. The lowest BCUT2D eigenvalue weighted by molar-refractivity contribution is -0.138. The van der Waals surface area contributed by atoms with Crippen LogP contribution in [0.3, 0.4) is 0 Å². The van der Waals surface area contributed by atoms with Crippen LogP contribution in [0.1, 0.15) is 11.1 Å². The van der Waals surface area contributed by atoms with E-state index in [2.05, 4.69) is 0 Å². The third kappa shape index (κ3) is 1.92. The van der Waals surface area contributed by atoms with Gasteiger partial charge in [0.05, 0.1) is 6.26 Å². The highest BCUT2D eigenvalue weighted by atomic mass is 16.4. The fraction of sp³-hybridized carbons (Fsp3) is 0.250. The first-order chi connectivity index (χ1) is 7.58. The van der Waals surface area contributed by atoms with Crippen molar-refractivity contribution >= 4 is 16.9 Å². The van der Waals surface area contributed by atoms with Gasteiger partial charge in [0.25, 0.3) is 0 Å². The zero-order valence-corrected chi connectivity index (χ0v) is 8.93. The van der Waals surface area contributed by atoms with E-state index in [4.69, 9.17) is 15.3 Å². The Morgan fingerprint density at radius 1 is 1.56 bits per heavy atom. The van der Waals surface area contributed by atoms with Crippen molar-refractivity contribution in [1.82, 2.24) is 0 Å². The summed E-state index contributed by atoms with van der Waals surface area (Å²) in [6.45, 7) is 1.97. The molecule has 1 aromatic heterocycles. The Hall–Kier alpha value is -1.81. The molecule has 0 amide bonds. The zero-order chi connectivity index (χ0) is 11.7. The minimum Gasteiger partial charge on any atom is -0.480 e. The standard InChI is InChI=1S/C12H13NO3/c1-7-6-16-11-5-8(2-3-9(7)11)4-10(13)12(14)15/h2-3,5-6,10H,4,13H2,1H3,(H,14,15). The number of benzene rings is 1. The average molecular weight is 219 g/mol. The van der Waals surface area contributed by atoms with Crippen LogP contribution in [0.25, 0.3) is 11.0 Å². The molecular weight excluding hydrogens is 206 g/mol. The van der Waals surface area contributed by atoms with E-state index in [0.29, 0.717) is 6.42 Å². The summed E-state index contributed by atoms with van der Waals surface area (Å²) >= 11 is 0. The molecule has 0 aliphatic heterocycles. The van der Waals surface area contributed by atoms with Gasteiger partial charge in [0.2, 0.25) is 0 Å². The Labute approximate surface area is 92.7 Å². The lowest BCUT2D eigenvalue weighted by Crippen LogP contribution is -2.32. The first-order valence-corrected chi connectivity index (χ1v) is 5.03. The topological polar surface area (TPSA) is 76.5 Å². The van der Waals surface area contributed by atoms with Gasteiger partial charge >= 0.3 is 5.97 Å². The summed E-state index contributed by atoms with van der Waals surface area (Å²) in [4.78, 5) is 10.6. The van der Waals surface area contributed by atoms with Gasteiger partial charge in [-0.1, -0.05) is 12.1 Å². The number of hydrogen-bond acceptors (Lipinski definition) is 3. The highest BCUT2D eigenvalue weighted by Crippen LogP contribution is 2.21. The molecular formula is C12H13NO3. The molecule has 0 bridgehead atoms. The Kier molecular flexibility index (Phi) is 2.66. The van der Waals surface area contributed by atoms with Crippen molar-refractivity contribution < 1.29 is 14.3 Å². The molecule has 3 N–H and O–H groups in total. The minimum absolute atomic E-state index is 0.311. The van der Waals surface area contributed by atoms with E-state index in [0.717, 1.165) is 22.1 Å². The Bertz CT molecular complexity index is 530. The van der Waals surface area contributed by atoms with Gasteiger partial charge in [0, 0.05) is 5.39 Å². The number of carboxylic acids is 1. The first-order valence-electron chi connectivity index (χ1n) is 5.03. The minimum atomic E-state index is -0.990. The smallest absolute Gasteiger partial charge is 0.320 e. The average Bonchev–Trinajstić information content (AvgIpc) is 2.60. The van der Waals surface area contributed by atoms with Gasteiger partial charge < -0.3 is 15.3 Å². The van der Waals surface area contributed by atoms with Gasteiger partial charge in [-0.2, -0.15) is 0 Å². The number of furan rings is 1. The number of rotatable bonds is 3. The van der Waals surface area contributed by atoms with Gasteiger partial charge in [-0.15, -0.1) is 0 Å². The van der Waals surface area contributed by atoms with E-state index in [1.54, 1.807) is 6.26 Å². The summed E-state index contributed by atoms with van der Waals surface area (Å²) < 4.78 is 5.34. The summed E-state index contributed by atoms with van der Waals surface area (Å²) in [6.07, 6.45) is 2.00. The van der Waals surface area contributed by atoms with Gasteiger partial charge in [-0.05, 0) is 30.5 Å². The van der Waals surface area contributed by atoms with E-state index in [9.17, 15) is 4.79 Å². The van der Waals surface area contributed by atoms with Crippen LogP contribution in [0.2, 0.25) is 0 Å². The number of aryl methyl sites for hydroxylation is 1. The highest BCUT2D eigenvalue weighted by molar-refractivity contribution is 5.81. The van der Waals surface area contributed by atoms with Crippen molar-refractivity contribution in [3.63, 3.8) is 0 Å². The quantitative estimate of drug-likeness (QED) is 0.823. The van der Waals surface area contributed by atoms with Gasteiger partial charge in [-0.3, -0.25) is 4.79 Å². The summed E-state index contributed by atoms with van der Waals surface area (Å²) in [5.41, 5.74) is 8.18. The summed E-state index contributed by atoms with van der Waals surface area (Å²) in [6, 6.07) is 4.78. The zero-order valence-electron chi connectivity index (χ0n) is 8.93. The third-order valence-corrected chi connectivity index (χ3v) is 2.61. The maximum Gasteiger partial charge on any atom is 0.320 e. The fourth-order valence-corrected chi connectivity index (χ4v) is 1.67. The van der Waals surface area contributed by atoms with Crippen molar-refractivity contribution in [3.05, 3.63) is 35.6 Å². The van der Waals surface area contributed by atoms with E-state index in [1.165, 1.54) is 0 Å². The largest absolute Gasteiger partial charge is 0.480 e. The van der Waals surface area contributed by atoms with Crippen LogP contribution in [0.15, 0.2) is 28.9 Å². The van der Waals surface area contributed by atoms with Crippen LogP contribution in [0.5, 0.6) is 0 Å². The molecule has 4 heteroatoms. The predicted molar refractivity (Wildman–Crippen MR) is 60.3 cm³/mol. The van der Waals surface area contributed by atoms with E-state index in [-0.39, 0.29) is 0 Å². The normalized spacial score (nSPS) is 12.9. The van der Waals surface area contributed by atoms with Crippen LogP contribution in [0, 0.1) is 6.92 Å². The molecule has 0 aliphatic rings. The fourth-order valence-electron chi connectivity index (χ4n) is 1.67. The van der Waals surface area contributed by atoms with Gasteiger partial charge in [0.1, 0.15) is 11.6 Å². The van der Waals surface area contributed by atoms with Gasteiger partial charge in [0.15, 0.2) is 0 Å². The maximum atomic E-state index is 10.6. The van der Waals surface area contributed by atoms with Crippen molar-refractivity contribution in [1.29, 1.82) is 0 Å². The molecule has 0 saturated heterocycles. The Morgan fingerprint density at radius 2 is 2.31 bits per heavy atom. The number of carbonyl (C=O) groups is 1. The number of aliphatic carboxylic acids is 1. The van der Waals surface area contributed by atoms with Crippen LogP contribution < -0.4 is 5.73 Å². The molecule has 0 aliphatic carbocycles. The Morgan fingerprint density at radius 3 is 3.00 bits per heavy atom. The van der Waals surface area contributed by atoms with Crippen molar-refractivity contribution in [2.24, 2.45) is 5.73 Å². The SMILES string of the molecule is Cc1coc2cc(CC(N)C(=O)O)ccc12. The molecule has 0 saturated carbocycles. The monoisotopic (exact) mass is 219 g/mol. The molecule has 4 nitrogen and oxygen atoms in total. The van der Waals surface area contributed by atoms with E-state index >= 15 is 0 Å². The number of carboxylic acid groups (broad SMARTS) is 1. The van der Waals surface area contributed by atoms with E-state index in [1.807, 2.05) is 25.1 Å². The second-order valence-electron chi connectivity index (χ2n) is 3.90. The van der Waals surface area contributed by atoms with Crippen LogP contribution in [0.4, 0.5) is 0 Å². The molecule has 1 atom stereocenters. The molecule has 1 unspecified atom stereocenters. The van der Waals surface area contributed by atoms with Crippen LogP contribution in [-0.4, -0.2) is 17.1 Å². The molecule has 0 radical (unpaired) electrons. The predicted octanol–water partition coefficient (Wildman–Crippen LogP) is 1.70. The molecule has 2 rings (SSSR count). The molecule has 1 heterocycles. The summed E-state index contributed by atoms with van der Waals surface area (Å²) in [7, 11) is 0. The van der Waals surface area contributed by atoms with Crippen LogP contribution in [-0.2, 0) is 11.2 Å². The van der Waals surface area contributed by atoms with E-state index < -0.39 is 12.0 Å². The van der Waals surface area contributed by atoms with Crippen molar-refractivity contribution in [3.8, 4) is 0 Å². The number of fused-ring (bicyclic) bond motifs is 1. The maximum absolute atomic E-state index is 10.6. The molecule has 16 heavy (non-hydrogen) atoms. The molecule has 0 spiro atoms. The van der Waals surface area contributed by atoms with Crippen molar-refractivity contribution in [2.45, 2.75) is 19.4 Å². The third-order valence-electron chi connectivity index (χ3n) is 2.61. The van der Waals surface area contributed by atoms with Gasteiger partial charge in [-0.25, -0.2) is 0 Å². The second kappa shape index (κ2) is 3.98. The summed E-state index contributed by atoms with van der Waals surface area (Å²) in [5, 5.41) is 9.76. The molecule has 84 valence electrons. The first kappa shape index (κ1) is 10.7. The van der Waals surface area contributed by atoms with Crippen LogP contribution >= 0.6 is 0 Å². The van der Waals surface area contributed by atoms with Crippen molar-refractivity contribution in [2.75, 3.05) is 0 Å². The highest BCUT2D eigenvalue weighted by Gasteiger charge is 2.12. The second-order valence-corrected chi connectivity index (χ2v) is 3.90. The molecule has 2 aromatic rings. The summed E-state index contributed by atoms with van der Waals surface area (Å²) in [5.74, 6) is -0.990. The lowest BCUT2D eigenvalue weighted by Gasteiger charge is -2.05. The molecule has 0 fully saturated rings. The number of nitrogens with two attached hydrogens (primary N) is 1. The molecule has 1 aromatic carbocycles. The Balaban J connectivity index is 2.29. The lowest BCUT2D eigenvalue weighted by atomic mass is 10.0.